The van der Waals surface area contributed by atoms with Crippen LogP contribution in [0.1, 0.15) is 6.92 Å². The number of anilines is 1. The summed E-state index contributed by atoms with van der Waals surface area (Å²) in [6.07, 6.45) is 0. The average molecular weight is 321 g/mol. The second-order valence-electron chi connectivity index (χ2n) is 5.07. The van der Waals surface area contributed by atoms with E-state index in [1.54, 1.807) is 25.1 Å². The van der Waals surface area contributed by atoms with Crippen LogP contribution in [0.15, 0.2) is 38.8 Å². The number of rotatable bonds is 1. The number of nitrogens with zero attached hydrogens (tertiary/aromatic N) is 3. The predicted molar refractivity (Wildman–Crippen MR) is 82.6 cm³/mol. The molecule has 22 heavy (non-hydrogen) atoms. The average Bonchev–Trinajstić information content (AvgIpc) is 2.50. The third-order valence-corrected chi connectivity index (χ3v) is 5.82. The van der Waals surface area contributed by atoms with E-state index < -0.39 is 21.3 Å². The highest BCUT2D eigenvalue weighted by atomic mass is 32.2. The van der Waals surface area contributed by atoms with E-state index in [0.29, 0.717) is 11.3 Å². The highest BCUT2D eigenvalue weighted by Gasteiger charge is 2.37. The zero-order chi connectivity index (χ0) is 16.2. The van der Waals surface area contributed by atoms with E-state index in [-0.39, 0.29) is 17.1 Å². The molecule has 7 nitrogen and oxygen atoms in total. The molecule has 1 aliphatic heterocycles. The van der Waals surface area contributed by atoms with Crippen LogP contribution in [0.3, 0.4) is 0 Å². The van der Waals surface area contributed by atoms with Crippen molar-refractivity contribution in [2.45, 2.75) is 11.8 Å². The minimum atomic E-state index is -3.81. The highest BCUT2D eigenvalue weighted by Crippen LogP contribution is 2.39. The molecule has 1 aliphatic rings. The van der Waals surface area contributed by atoms with E-state index in [0.717, 1.165) is 8.87 Å². The number of aromatic nitrogens is 2. The van der Waals surface area contributed by atoms with Gasteiger partial charge in [-0.3, -0.25) is 18.2 Å². The molecule has 1 aromatic heterocycles. The van der Waals surface area contributed by atoms with Crippen molar-refractivity contribution < 1.29 is 8.42 Å². The largest absolute Gasteiger partial charge is 0.331 e. The van der Waals surface area contributed by atoms with E-state index in [9.17, 15) is 18.0 Å². The second kappa shape index (κ2) is 4.57. The van der Waals surface area contributed by atoms with Gasteiger partial charge in [0.05, 0.1) is 10.6 Å². The Morgan fingerprint density at radius 1 is 1.05 bits per heavy atom. The van der Waals surface area contributed by atoms with Crippen LogP contribution in [0.4, 0.5) is 5.69 Å². The van der Waals surface area contributed by atoms with Crippen LogP contribution in [-0.2, 0) is 24.1 Å². The monoisotopic (exact) mass is 321 g/mol. The lowest BCUT2D eigenvalue weighted by atomic mass is 10.1. The number of benzene rings is 1. The van der Waals surface area contributed by atoms with Gasteiger partial charge in [0, 0.05) is 26.2 Å². The maximum Gasteiger partial charge on any atom is 0.331 e. The Kier molecular flexibility index (Phi) is 3.03. The summed E-state index contributed by atoms with van der Waals surface area (Å²) in [6.45, 7) is 1.76. The third kappa shape index (κ3) is 1.64. The summed E-state index contributed by atoms with van der Waals surface area (Å²) in [4.78, 5) is 24.8. The molecule has 0 aliphatic carbocycles. The minimum absolute atomic E-state index is 0.0193. The second-order valence-corrected chi connectivity index (χ2v) is 6.90. The van der Waals surface area contributed by atoms with Crippen molar-refractivity contribution in [3.05, 3.63) is 45.1 Å². The molecular weight excluding hydrogens is 306 g/mol. The molecule has 0 spiro atoms. The van der Waals surface area contributed by atoms with Gasteiger partial charge in [0.15, 0.2) is 0 Å². The summed E-state index contributed by atoms with van der Waals surface area (Å²) in [5.41, 5.74) is -0.377. The summed E-state index contributed by atoms with van der Waals surface area (Å²) in [7, 11) is -0.940. The Labute approximate surface area is 127 Å². The van der Waals surface area contributed by atoms with E-state index in [1.807, 2.05) is 0 Å². The fourth-order valence-electron chi connectivity index (χ4n) is 2.81. The standard InChI is InChI=1S/C14H15N3O4S/c1-4-17-12-11(15(2)14(19)16(3)13(12)18)9-7-5-6-8-10(9)22(17,20)21/h5-8H,4H2,1-3H3. The molecule has 0 N–H and O–H groups in total. The fraction of sp³-hybridized carbons (Fsp3) is 0.286. The first-order valence-electron chi connectivity index (χ1n) is 6.74. The zero-order valence-corrected chi connectivity index (χ0v) is 13.2. The highest BCUT2D eigenvalue weighted by molar-refractivity contribution is 7.93. The molecule has 0 bridgehead atoms. The summed E-state index contributed by atoms with van der Waals surface area (Å²) in [5, 5.41) is 0. The summed E-state index contributed by atoms with van der Waals surface area (Å²) >= 11 is 0. The van der Waals surface area contributed by atoms with E-state index >= 15 is 0 Å². The molecule has 2 aromatic rings. The van der Waals surface area contributed by atoms with Crippen molar-refractivity contribution in [3.63, 3.8) is 0 Å². The molecule has 0 unspecified atom stereocenters. The Hall–Kier alpha value is -2.35. The van der Waals surface area contributed by atoms with Crippen LogP contribution in [-0.4, -0.2) is 24.1 Å². The van der Waals surface area contributed by atoms with Crippen LogP contribution in [0.5, 0.6) is 0 Å². The van der Waals surface area contributed by atoms with E-state index in [1.165, 1.54) is 24.7 Å². The first-order valence-corrected chi connectivity index (χ1v) is 8.18. The molecule has 0 radical (unpaired) electrons. The fourth-order valence-corrected chi connectivity index (χ4v) is 4.49. The Bertz CT molecular complexity index is 1000. The molecular formula is C14H15N3O4S. The van der Waals surface area contributed by atoms with Gasteiger partial charge in [-0.15, -0.1) is 0 Å². The first kappa shape index (κ1) is 14.6. The summed E-state index contributed by atoms with van der Waals surface area (Å²) in [5.74, 6) is 0. The predicted octanol–water partition coefficient (Wildman–Crippen LogP) is 0.280. The minimum Gasteiger partial charge on any atom is -0.294 e. The van der Waals surface area contributed by atoms with Crippen molar-refractivity contribution in [2.24, 2.45) is 14.1 Å². The van der Waals surface area contributed by atoms with Crippen LogP contribution in [0.25, 0.3) is 11.3 Å². The molecule has 0 fully saturated rings. The van der Waals surface area contributed by atoms with Gasteiger partial charge in [-0.05, 0) is 13.0 Å². The Morgan fingerprint density at radius 2 is 1.68 bits per heavy atom. The van der Waals surface area contributed by atoms with Crippen molar-refractivity contribution in [1.82, 2.24) is 9.13 Å². The van der Waals surface area contributed by atoms with Crippen molar-refractivity contribution in [3.8, 4) is 11.3 Å². The van der Waals surface area contributed by atoms with Gasteiger partial charge >= 0.3 is 5.69 Å². The number of fused-ring (bicyclic) bond motifs is 3. The lowest BCUT2D eigenvalue weighted by Gasteiger charge is -2.31. The van der Waals surface area contributed by atoms with Gasteiger partial charge in [-0.2, -0.15) is 0 Å². The number of hydrogen-bond acceptors (Lipinski definition) is 4. The van der Waals surface area contributed by atoms with Crippen LogP contribution in [0.2, 0.25) is 0 Å². The van der Waals surface area contributed by atoms with Crippen LogP contribution >= 0.6 is 0 Å². The molecule has 0 saturated heterocycles. The molecule has 0 amide bonds. The molecule has 0 atom stereocenters. The lowest BCUT2D eigenvalue weighted by molar-refractivity contribution is 0.588. The van der Waals surface area contributed by atoms with Crippen molar-refractivity contribution in [2.75, 3.05) is 10.8 Å². The van der Waals surface area contributed by atoms with Crippen molar-refractivity contribution in [1.29, 1.82) is 0 Å². The normalized spacial score (nSPS) is 15.3. The van der Waals surface area contributed by atoms with Gasteiger partial charge in [0.25, 0.3) is 15.6 Å². The van der Waals surface area contributed by atoms with Crippen LogP contribution < -0.4 is 15.6 Å². The Balaban J connectivity index is 2.63. The molecule has 8 heteroatoms. The molecule has 1 aromatic carbocycles. The van der Waals surface area contributed by atoms with E-state index in [2.05, 4.69) is 0 Å². The first-order chi connectivity index (χ1) is 10.3. The maximum absolute atomic E-state index is 12.7. The maximum atomic E-state index is 12.7. The van der Waals surface area contributed by atoms with Gasteiger partial charge in [0.2, 0.25) is 0 Å². The van der Waals surface area contributed by atoms with Gasteiger partial charge in [-0.1, -0.05) is 18.2 Å². The molecule has 0 saturated carbocycles. The zero-order valence-electron chi connectivity index (χ0n) is 12.4. The molecule has 2 heterocycles. The summed E-state index contributed by atoms with van der Waals surface area (Å²) in [6, 6.07) is 6.39. The smallest absolute Gasteiger partial charge is 0.294 e. The number of sulfonamides is 1. The number of hydrogen-bond donors (Lipinski definition) is 0. The van der Waals surface area contributed by atoms with Gasteiger partial charge < -0.3 is 0 Å². The summed E-state index contributed by atoms with van der Waals surface area (Å²) < 4.78 is 28.8. The molecule has 116 valence electrons. The topological polar surface area (TPSA) is 81.4 Å². The SMILES string of the molecule is CCN1c2c(n(C)c(=O)n(C)c2=O)-c2ccccc2S1(=O)=O. The van der Waals surface area contributed by atoms with Gasteiger partial charge in [-0.25, -0.2) is 13.2 Å². The van der Waals surface area contributed by atoms with E-state index in [4.69, 9.17) is 0 Å². The lowest BCUT2D eigenvalue weighted by Crippen LogP contribution is -2.46. The Morgan fingerprint density at radius 3 is 2.32 bits per heavy atom. The van der Waals surface area contributed by atoms with Crippen molar-refractivity contribution >= 4 is 15.7 Å². The quantitative estimate of drug-likeness (QED) is 0.755. The van der Waals surface area contributed by atoms with Crippen LogP contribution in [0, 0.1) is 0 Å². The molecule has 3 rings (SSSR count). The third-order valence-electron chi connectivity index (χ3n) is 3.89. The van der Waals surface area contributed by atoms with Gasteiger partial charge in [0.1, 0.15) is 5.69 Å².